The fourth-order valence-electron chi connectivity index (χ4n) is 1.04. The molecule has 0 aliphatic heterocycles. The molecule has 0 fully saturated rings. The molecule has 0 aliphatic rings. The summed E-state index contributed by atoms with van der Waals surface area (Å²) >= 11 is 0. The van der Waals surface area contributed by atoms with Gasteiger partial charge in [-0.05, 0) is 0 Å². The molecule has 7 nitrogen and oxygen atoms in total. The Balaban J connectivity index is 2.26. The first-order valence-electron chi connectivity index (χ1n) is 5.02. The largest absolute Gasteiger partial charge is 0.492 e. The third-order valence-corrected chi connectivity index (χ3v) is 1.87. The minimum atomic E-state index is -0.621. The number of carbonyl (C=O) groups is 1. The summed E-state index contributed by atoms with van der Waals surface area (Å²) in [5.41, 5.74) is 0. The van der Waals surface area contributed by atoms with Crippen molar-refractivity contribution in [2.24, 2.45) is 0 Å². The summed E-state index contributed by atoms with van der Waals surface area (Å²) in [6.45, 7) is 1.03. The van der Waals surface area contributed by atoms with Crippen LogP contribution in [-0.4, -0.2) is 47.8 Å². The Bertz CT molecular complexity index is 342. The van der Waals surface area contributed by atoms with Crippen LogP contribution in [0.4, 0.5) is 0 Å². The fourth-order valence-corrected chi connectivity index (χ4v) is 1.04. The zero-order valence-corrected chi connectivity index (χ0v) is 9.46. The molecule has 2 N–H and O–H groups in total. The lowest BCUT2D eigenvalue weighted by atomic mass is 10.5. The van der Waals surface area contributed by atoms with Gasteiger partial charge in [0.2, 0.25) is 11.8 Å². The van der Waals surface area contributed by atoms with Crippen LogP contribution < -0.4 is 4.84 Å². The molecule has 0 amide bonds. The van der Waals surface area contributed by atoms with Crippen molar-refractivity contribution in [1.82, 2.24) is 4.73 Å². The molecular formula is C10H15NO6. The highest BCUT2D eigenvalue weighted by molar-refractivity contribution is 5.70. The molecule has 0 atom stereocenters. The Labute approximate surface area is 98.1 Å². The van der Waals surface area contributed by atoms with E-state index in [-0.39, 0.29) is 24.8 Å². The molecule has 96 valence electrons. The summed E-state index contributed by atoms with van der Waals surface area (Å²) in [7, 11) is 1.55. The first-order chi connectivity index (χ1) is 8.15. The van der Waals surface area contributed by atoms with Gasteiger partial charge in [0.15, 0.2) is 0 Å². The van der Waals surface area contributed by atoms with E-state index in [0.29, 0.717) is 17.9 Å². The van der Waals surface area contributed by atoms with Gasteiger partial charge in [-0.15, -0.1) is 4.73 Å². The SMILES string of the molecule is COCCOCCC(=O)On1c(O)ccc1O. The second-order valence-corrected chi connectivity index (χ2v) is 3.16. The zero-order chi connectivity index (χ0) is 12.7. The number of hydrogen-bond donors (Lipinski definition) is 2. The Morgan fingerprint density at radius 2 is 1.88 bits per heavy atom. The standard InChI is InChI=1S/C10H15NO6/c1-15-6-7-16-5-4-10(14)17-11-8(12)2-3-9(11)13/h2-3,12-13H,4-7H2,1H3. The number of hydrogen-bond acceptors (Lipinski definition) is 6. The van der Waals surface area contributed by atoms with Crippen molar-refractivity contribution in [3.8, 4) is 11.8 Å². The van der Waals surface area contributed by atoms with E-state index in [4.69, 9.17) is 9.47 Å². The molecule has 0 saturated heterocycles. The van der Waals surface area contributed by atoms with E-state index in [1.807, 2.05) is 0 Å². The van der Waals surface area contributed by atoms with Crippen LogP contribution in [0.25, 0.3) is 0 Å². The highest BCUT2D eigenvalue weighted by Crippen LogP contribution is 2.18. The molecule has 0 unspecified atom stereocenters. The van der Waals surface area contributed by atoms with Gasteiger partial charge in [0.1, 0.15) is 0 Å². The molecule has 7 heteroatoms. The van der Waals surface area contributed by atoms with Crippen LogP contribution in [0, 0.1) is 0 Å². The molecule has 0 saturated carbocycles. The summed E-state index contributed by atoms with van der Waals surface area (Å²) in [5.74, 6) is -1.32. The summed E-state index contributed by atoms with van der Waals surface area (Å²) in [6.07, 6.45) is 0.0147. The van der Waals surface area contributed by atoms with Gasteiger partial charge in [0.25, 0.3) is 0 Å². The molecule has 1 aromatic heterocycles. The predicted octanol–water partition coefficient (Wildman–Crippen LogP) is -0.0924. The Hall–Kier alpha value is -1.73. The van der Waals surface area contributed by atoms with E-state index in [9.17, 15) is 15.0 Å². The van der Waals surface area contributed by atoms with Crippen LogP contribution in [0.15, 0.2) is 12.1 Å². The molecule has 1 aromatic rings. The molecule has 1 heterocycles. The minimum Gasteiger partial charge on any atom is -0.492 e. The van der Waals surface area contributed by atoms with E-state index in [0.717, 1.165) is 0 Å². The van der Waals surface area contributed by atoms with Gasteiger partial charge in [0.05, 0.1) is 26.2 Å². The van der Waals surface area contributed by atoms with E-state index in [1.165, 1.54) is 12.1 Å². The Morgan fingerprint density at radius 1 is 1.24 bits per heavy atom. The molecule has 0 radical (unpaired) electrons. The monoisotopic (exact) mass is 245 g/mol. The molecule has 1 rings (SSSR count). The van der Waals surface area contributed by atoms with E-state index in [1.54, 1.807) is 7.11 Å². The van der Waals surface area contributed by atoms with Gasteiger partial charge in [-0.2, -0.15) is 0 Å². The summed E-state index contributed by atoms with van der Waals surface area (Å²) in [6, 6.07) is 2.41. The second kappa shape index (κ2) is 6.77. The number of aromatic hydroxyl groups is 2. The third-order valence-electron chi connectivity index (χ3n) is 1.87. The van der Waals surface area contributed by atoms with Gasteiger partial charge < -0.3 is 24.5 Å². The van der Waals surface area contributed by atoms with Gasteiger partial charge in [0, 0.05) is 19.2 Å². The zero-order valence-electron chi connectivity index (χ0n) is 9.46. The quantitative estimate of drug-likeness (QED) is 0.652. The van der Waals surface area contributed by atoms with Crippen LogP contribution in [-0.2, 0) is 14.3 Å². The van der Waals surface area contributed by atoms with Crippen LogP contribution in [0.1, 0.15) is 6.42 Å². The predicted molar refractivity (Wildman–Crippen MR) is 56.7 cm³/mol. The van der Waals surface area contributed by atoms with Gasteiger partial charge in [-0.25, -0.2) is 4.79 Å². The maximum atomic E-state index is 11.3. The van der Waals surface area contributed by atoms with Gasteiger partial charge in [-0.1, -0.05) is 0 Å². The third kappa shape index (κ3) is 4.33. The van der Waals surface area contributed by atoms with Crippen molar-refractivity contribution in [2.45, 2.75) is 6.42 Å². The van der Waals surface area contributed by atoms with Crippen molar-refractivity contribution < 1.29 is 29.3 Å². The first-order valence-corrected chi connectivity index (χ1v) is 5.02. The highest BCUT2D eigenvalue weighted by atomic mass is 16.7. The number of rotatable bonds is 7. The number of methoxy groups -OCH3 is 1. The van der Waals surface area contributed by atoms with Crippen molar-refractivity contribution >= 4 is 5.97 Å². The van der Waals surface area contributed by atoms with Crippen LogP contribution >= 0.6 is 0 Å². The number of nitrogens with zero attached hydrogens (tertiary/aromatic N) is 1. The van der Waals surface area contributed by atoms with Crippen LogP contribution in [0.5, 0.6) is 11.8 Å². The van der Waals surface area contributed by atoms with Crippen LogP contribution in [0.2, 0.25) is 0 Å². The first kappa shape index (κ1) is 13.3. The lowest BCUT2D eigenvalue weighted by molar-refractivity contribution is -0.146. The number of carbonyl (C=O) groups excluding carboxylic acids is 1. The molecule has 0 spiro atoms. The average molecular weight is 245 g/mol. The summed E-state index contributed by atoms with van der Waals surface area (Å²) < 4.78 is 10.5. The number of aromatic nitrogens is 1. The lowest BCUT2D eigenvalue weighted by Gasteiger charge is -2.07. The molecule has 17 heavy (non-hydrogen) atoms. The summed E-state index contributed by atoms with van der Waals surface area (Å²) in [4.78, 5) is 16.0. The topological polar surface area (TPSA) is 90.2 Å². The van der Waals surface area contributed by atoms with Crippen molar-refractivity contribution in [1.29, 1.82) is 0 Å². The van der Waals surface area contributed by atoms with Crippen LogP contribution in [0.3, 0.4) is 0 Å². The summed E-state index contributed by atoms with van der Waals surface area (Å²) in [5, 5.41) is 18.4. The van der Waals surface area contributed by atoms with Crippen molar-refractivity contribution in [2.75, 3.05) is 26.9 Å². The highest BCUT2D eigenvalue weighted by Gasteiger charge is 2.11. The normalized spacial score (nSPS) is 10.4. The van der Waals surface area contributed by atoms with Crippen molar-refractivity contribution in [3.63, 3.8) is 0 Å². The number of ether oxygens (including phenoxy) is 2. The molecular weight excluding hydrogens is 230 g/mol. The Kier molecular flexibility index (Phi) is 5.31. The maximum Gasteiger partial charge on any atom is 0.335 e. The van der Waals surface area contributed by atoms with Gasteiger partial charge in [-0.3, -0.25) is 0 Å². The van der Waals surface area contributed by atoms with E-state index < -0.39 is 5.97 Å². The van der Waals surface area contributed by atoms with E-state index in [2.05, 4.69) is 4.84 Å². The smallest absolute Gasteiger partial charge is 0.335 e. The lowest BCUT2D eigenvalue weighted by Crippen LogP contribution is -2.20. The fraction of sp³-hybridized carbons (Fsp3) is 0.500. The molecule has 0 aromatic carbocycles. The molecule has 0 bridgehead atoms. The second-order valence-electron chi connectivity index (χ2n) is 3.16. The van der Waals surface area contributed by atoms with E-state index >= 15 is 0 Å². The maximum absolute atomic E-state index is 11.3. The molecule has 0 aliphatic carbocycles. The average Bonchev–Trinajstić information content (AvgIpc) is 2.60. The van der Waals surface area contributed by atoms with Crippen molar-refractivity contribution in [3.05, 3.63) is 12.1 Å². The Morgan fingerprint density at radius 3 is 2.47 bits per heavy atom. The minimum absolute atomic E-state index is 0.0147. The van der Waals surface area contributed by atoms with Gasteiger partial charge >= 0.3 is 5.97 Å².